The molecule has 5 nitrogen and oxygen atoms in total. The smallest absolute Gasteiger partial charge is 0.254 e. The third-order valence-corrected chi connectivity index (χ3v) is 5.59. The van der Waals surface area contributed by atoms with Gasteiger partial charge in [-0.05, 0) is 50.1 Å². The van der Waals surface area contributed by atoms with Crippen LogP contribution >= 0.6 is 11.6 Å². The van der Waals surface area contributed by atoms with Crippen molar-refractivity contribution in [2.75, 3.05) is 6.54 Å². The highest BCUT2D eigenvalue weighted by Crippen LogP contribution is 2.38. The predicted molar refractivity (Wildman–Crippen MR) is 101 cm³/mol. The molecule has 2 aliphatic heterocycles. The zero-order chi connectivity index (χ0) is 18.3. The van der Waals surface area contributed by atoms with Gasteiger partial charge in [0.15, 0.2) is 0 Å². The van der Waals surface area contributed by atoms with E-state index in [1.165, 1.54) is 0 Å². The van der Waals surface area contributed by atoms with Gasteiger partial charge < -0.3 is 5.32 Å². The number of halogens is 1. The van der Waals surface area contributed by atoms with E-state index in [-0.39, 0.29) is 11.8 Å². The normalized spacial score (nSPS) is 25.9. The number of carbonyl (C=O) groups excluding carboxylic acids is 2. The summed E-state index contributed by atoms with van der Waals surface area (Å²) in [6.07, 6.45) is 6.84. The Kier molecular flexibility index (Phi) is 4.11. The summed E-state index contributed by atoms with van der Waals surface area (Å²) in [4.78, 5) is 33.6. The SMILES string of the molecule is C[C@]1(C2C=CC(c3cc(Cl)c4cccnc4c3)=NC2=O)CCCNC1=O. The number of amides is 2. The van der Waals surface area contributed by atoms with Gasteiger partial charge >= 0.3 is 0 Å². The molecule has 0 radical (unpaired) electrons. The van der Waals surface area contributed by atoms with Crippen molar-refractivity contribution in [3.8, 4) is 0 Å². The van der Waals surface area contributed by atoms with Crippen LogP contribution in [0.3, 0.4) is 0 Å². The largest absolute Gasteiger partial charge is 0.356 e. The minimum Gasteiger partial charge on any atom is -0.356 e. The van der Waals surface area contributed by atoms with Crippen LogP contribution in [-0.4, -0.2) is 29.1 Å². The molecule has 6 heteroatoms. The van der Waals surface area contributed by atoms with Gasteiger partial charge in [0, 0.05) is 23.7 Å². The second kappa shape index (κ2) is 6.32. The van der Waals surface area contributed by atoms with E-state index in [1.807, 2.05) is 25.1 Å². The van der Waals surface area contributed by atoms with E-state index in [4.69, 9.17) is 11.6 Å². The molecule has 0 spiro atoms. The number of nitrogens with zero attached hydrogens (tertiary/aromatic N) is 2. The Labute approximate surface area is 156 Å². The Morgan fingerprint density at radius 1 is 1.31 bits per heavy atom. The van der Waals surface area contributed by atoms with Crippen molar-refractivity contribution >= 4 is 40.0 Å². The molecular formula is C20H18ClN3O2. The molecule has 132 valence electrons. The highest BCUT2D eigenvalue weighted by molar-refractivity contribution is 6.36. The van der Waals surface area contributed by atoms with Gasteiger partial charge in [0.1, 0.15) is 0 Å². The van der Waals surface area contributed by atoms with Crippen LogP contribution in [0.4, 0.5) is 0 Å². The molecule has 1 saturated heterocycles. The lowest BCUT2D eigenvalue weighted by molar-refractivity contribution is -0.140. The van der Waals surface area contributed by atoms with E-state index in [0.29, 0.717) is 23.7 Å². The molecule has 0 saturated carbocycles. The topological polar surface area (TPSA) is 71.4 Å². The van der Waals surface area contributed by atoms with E-state index >= 15 is 0 Å². The highest BCUT2D eigenvalue weighted by Gasteiger charge is 2.45. The van der Waals surface area contributed by atoms with Gasteiger partial charge in [-0.25, -0.2) is 4.99 Å². The number of nitrogens with one attached hydrogen (secondary N) is 1. The van der Waals surface area contributed by atoms with Gasteiger partial charge in [-0.2, -0.15) is 0 Å². The number of hydrogen-bond acceptors (Lipinski definition) is 3. The molecule has 0 aliphatic carbocycles. The fraction of sp³-hybridized carbons (Fsp3) is 0.300. The Hall–Kier alpha value is -2.53. The number of hydrogen-bond donors (Lipinski definition) is 1. The standard InChI is InChI=1S/C20H18ClN3O2/c1-20(7-3-9-23-19(20)26)14-5-6-16(24-18(14)25)12-10-15(21)13-4-2-8-22-17(13)11-12/h2,4-6,8,10-11,14H,3,7,9H2,1H3,(H,23,26)/t14?,20-/m1/s1. The number of pyridine rings is 1. The van der Waals surface area contributed by atoms with Crippen LogP contribution in [0.2, 0.25) is 5.02 Å². The zero-order valence-electron chi connectivity index (χ0n) is 14.3. The van der Waals surface area contributed by atoms with Gasteiger partial charge in [-0.15, -0.1) is 0 Å². The maximum atomic E-state index is 12.7. The summed E-state index contributed by atoms with van der Waals surface area (Å²) in [6, 6.07) is 7.39. The first-order chi connectivity index (χ1) is 12.5. The number of carbonyl (C=O) groups is 2. The van der Waals surface area contributed by atoms with Crippen LogP contribution in [0, 0.1) is 11.3 Å². The molecule has 1 N–H and O–H groups in total. The molecule has 1 unspecified atom stereocenters. The number of aromatic nitrogens is 1. The average Bonchev–Trinajstić information content (AvgIpc) is 2.64. The second-order valence-corrected chi connectivity index (χ2v) is 7.38. The summed E-state index contributed by atoms with van der Waals surface area (Å²) in [5, 5.41) is 4.28. The Balaban J connectivity index is 1.68. The number of aliphatic imine (C=N–C) groups is 1. The summed E-state index contributed by atoms with van der Waals surface area (Å²) in [7, 11) is 0. The second-order valence-electron chi connectivity index (χ2n) is 6.98. The summed E-state index contributed by atoms with van der Waals surface area (Å²) >= 11 is 6.35. The van der Waals surface area contributed by atoms with Crippen LogP contribution in [-0.2, 0) is 9.59 Å². The quantitative estimate of drug-likeness (QED) is 0.885. The van der Waals surface area contributed by atoms with Crippen LogP contribution in [0.5, 0.6) is 0 Å². The number of piperidine rings is 1. The van der Waals surface area contributed by atoms with Gasteiger partial charge in [0.05, 0.1) is 27.6 Å². The van der Waals surface area contributed by atoms with Crippen LogP contribution in [0.25, 0.3) is 10.9 Å². The third kappa shape index (κ3) is 2.72. The van der Waals surface area contributed by atoms with Gasteiger partial charge in [-0.1, -0.05) is 17.7 Å². The van der Waals surface area contributed by atoms with E-state index in [9.17, 15) is 9.59 Å². The minimum absolute atomic E-state index is 0.0802. The summed E-state index contributed by atoms with van der Waals surface area (Å²) in [6.45, 7) is 2.50. The Morgan fingerprint density at radius 2 is 2.15 bits per heavy atom. The molecule has 2 aromatic rings. The number of fused-ring (bicyclic) bond motifs is 1. The maximum Gasteiger partial charge on any atom is 0.254 e. The van der Waals surface area contributed by atoms with Crippen molar-refractivity contribution in [3.63, 3.8) is 0 Å². The summed E-state index contributed by atoms with van der Waals surface area (Å²) in [5.74, 6) is -0.914. The maximum absolute atomic E-state index is 12.7. The summed E-state index contributed by atoms with van der Waals surface area (Å²) < 4.78 is 0. The predicted octanol–water partition coefficient (Wildman–Crippen LogP) is 3.31. The molecule has 2 atom stereocenters. The van der Waals surface area contributed by atoms with Crippen molar-refractivity contribution in [2.24, 2.45) is 16.3 Å². The lowest BCUT2D eigenvalue weighted by Gasteiger charge is -2.37. The van der Waals surface area contributed by atoms with Crippen LogP contribution in [0.1, 0.15) is 25.3 Å². The van der Waals surface area contributed by atoms with Gasteiger partial charge in [-0.3, -0.25) is 14.6 Å². The zero-order valence-corrected chi connectivity index (χ0v) is 15.1. The fourth-order valence-electron chi connectivity index (χ4n) is 3.70. The first kappa shape index (κ1) is 16.9. The first-order valence-corrected chi connectivity index (χ1v) is 9.00. The Bertz CT molecular complexity index is 982. The molecule has 3 heterocycles. The van der Waals surface area contributed by atoms with Crippen molar-refractivity contribution < 1.29 is 9.59 Å². The average molecular weight is 368 g/mol. The van der Waals surface area contributed by atoms with Gasteiger partial charge in [0.25, 0.3) is 5.91 Å². The van der Waals surface area contributed by atoms with Crippen molar-refractivity contribution in [1.82, 2.24) is 10.3 Å². The molecule has 26 heavy (non-hydrogen) atoms. The van der Waals surface area contributed by atoms with E-state index in [1.54, 1.807) is 24.4 Å². The molecule has 2 amide bonds. The molecule has 1 aromatic carbocycles. The first-order valence-electron chi connectivity index (χ1n) is 8.63. The fourth-order valence-corrected chi connectivity index (χ4v) is 3.97. The Morgan fingerprint density at radius 3 is 2.92 bits per heavy atom. The molecule has 1 aromatic heterocycles. The lowest BCUT2D eigenvalue weighted by Crippen LogP contribution is -2.50. The lowest BCUT2D eigenvalue weighted by atomic mass is 9.70. The van der Waals surface area contributed by atoms with Crippen molar-refractivity contribution in [1.29, 1.82) is 0 Å². The molecular weight excluding hydrogens is 350 g/mol. The van der Waals surface area contributed by atoms with Crippen molar-refractivity contribution in [2.45, 2.75) is 19.8 Å². The molecule has 4 rings (SSSR count). The number of benzene rings is 1. The molecule has 0 bridgehead atoms. The van der Waals surface area contributed by atoms with Crippen LogP contribution < -0.4 is 5.32 Å². The molecule has 2 aliphatic rings. The monoisotopic (exact) mass is 367 g/mol. The number of rotatable bonds is 2. The van der Waals surface area contributed by atoms with E-state index in [0.717, 1.165) is 22.9 Å². The van der Waals surface area contributed by atoms with Crippen LogP contribution in [0.15, 0.2) is 47.6 Å². The van der Waals surface area contributed by atoms with Crippen molar-refractivity contribution in [3.05, 3.63) is 53.2 Å². The van der Waals surface area contributed by atoms with Gasteiger partial charge in [0.2, 0.25) is 5.91 Å². The number of allylic oxidation sites excluding steroid dienone is 1. The minimum atomic E-state index is -0.747. The molecule has 1 fully saturated rings. The summed E-state index contributed by atoms with van der Waals surface area (Å²) in [5.41, 5.74) is 1.28. The highest BCUT2D eigenvalue weighted by atomic mass is 35.5. The van der Waals surface area contributed by atoms with E-state index < -0.39 is 11.3 Å². The third-order valence-electron chi connectivity index (χ3n) is 5.27. The van der Waals surface area contributed by atoms with E-state index in [2.05, 4.69) is 15.3 Å². The number of dihydropyridines is 1.